The summed E-state index contributed by atoms with van der Waals surface area (Å²) in [5.74, 6) is 1.33. The van der Waals surface area contributed by atoms with Crippen molar-refractivity contribution in [2.24, 2.45) is 0 Å². The van der Waals surface area contributed by atoms with E-state index in [1.807, 2.05) is 18.2 Å². The van der Waals surface area contributed by atoms with E-state index in [0.29, 0.717) is 5.95 Å². The average molecular weight is 377 g/mol. The maximum atomic E-state index is 5.81. The molecular weight excluding hydrogens is 347 g/mol. The molecule has 1 fully saturated rings. The molecule has 1 aromatic carbocycles. The number of halogens is 2. The number of benzene rings is 1. The van der Waals surface area contributed by atoms with E-state index in [2.05, 4.69) is 14.9 Å². The Kier molecular flexibility index (Phi) is 10.8. The van der Waals surface area contributed by atoms with E-state index < -0.39 is 0 Å². The van der Waals surface area contributed by atoms with E-state index in [9.17, 15) is 0 Å². The molecule has 24 heavy (non-hydrogen) atoms. The number of nitrogens with two attached hydrogens (primary N) is 1. The molecule has 2 aromatic rings. The van der Waals surface area contributed by atoms with Gasteiger partial charge in [-0.25, -0.2) is 4.98 Å². The van der Waals surface area contributed by atoms with Crippen LogP contribution < -0.4 is 10.5 Å². The normalized spacial score (nSPS) is 14.3. The number of nitrogens with zero attached hydrogens (tertiary/aromatic N) is 2. The summed E-state index contributed by atoms with van der Waals surface area (Å²) in [5.41, 5.74) is 7.45. The summed E-state index contributed by atoms with van der Waals surface area (Å²) < 4.78 is 5.81. The zero-order chi connectivity index (χ0) is 14.5. The fourth-order valence-electron chi connectivity index (χ4n) is 2.91. The molecule has 2 heterocycles. The molecule has 0 aliphatic carbocycles. The number of ether oxygens (including phenoxy) is 1. The van der Waals surface area contributed by atoms with Gasteiger partial charge in [-0.1, -0.05) is 13.8 Å². The molecular formula is C17H30Cl2N4O. The summed E-state index contributed by atoms with van der Waals surface area (Å²) in [4.78, 5) is 9.77. The molecule has 0 saturated carbocycles. The Balaban J connectivity index is 0.00000176. The number of imidazole rings is 1. The van der Waals surface area contributed by atoms with Crippen LogP contribution in [0.2, 0.25) is 0 Å². The van der Waals surface area contributed by atoms with Crippen LogP contribution in [0.5, 0.6) is 5.75 Å². The Labute approximate surface area is 157 Å². The molecule has 1 saturated heterocycles. The van der Waals surface area contributed by atoms with Gasteiger partial charge in [0.25, 0.3) is 0 Å². The van der Waals surface area contributed by atoms with E-state index in [1.165, 1.54) is 45.3 Å². The standard InChI is InChI=1S/C16H24N4O.CH4.2ClH/c17-16-18-14-7-6-13(12-15(14)19-16)21-11-5-4-10-20-8-2-1-3-9-20;;;/h6-7,12H,1-5,8-11H2,(H3,17,18,19);1H4;2*1H. The number of likely N-dealkylation sites (tertiary alicyclic amines) is 1. The van der Waals surface area contributed by atoms with Gasteiger partial charge in [-0.3, -0.25) is 0 Å². The van der Waals surface area contributed by atoms with Gasteiger partial charge < -0.3 is 20.4 Å². The first-order chi connectivity index (χ1) is 10.3. The number of fused-ring (bicyclic) bond motifs is 1. The summed E-state index contributed by atoms with van der Waals surface area (Å²) in [6.45, 7) is 4.53. The van der Waals surface area contributed by atoms with Gasteiger partial charge >= 0.3 is 0 Å². The number of unbranched alkanes of at least 4 members (excludes halogenated alkanes) is 1. The molecule has 7 heteroatoms. The van der Waals surface area contributed by atoms with Gasteiger partial charge in [-0.05, 0) is 57.5 Å². The molecule has 3 rings (SSSR count). The Morgan fingerprint density at radius 3 is 2.62 bits per heavy atom. The van der Waals surface area contributed by atoms with E-state index in [0.717, 1.165) is 29.8 Å². The maximum Gasteiger partial charge on any atom is 0.198 e. The van der Waals surface area contributed by atoms with Crippen LogP contribution in [0.25, 0.3) is 11.0 Å². The summed E-state index contributed by atoms with van der Waals surface area (Å²) in [5, 5.41) is 0. The van der Waals surface area contributed by atoms with Crippen LogP contribution in [0.1, 0.15) is 39.5 Å². The molecule has 0 spiro atoms. The van der Waals surface area contributed by atoms with Gasteiger partial charge in [0.05, 0.1) is 17.6 Å². The smallest absolute Gasteiger partial charge is 0.198 e. The van der Waals surface area contributed by atoms with Crippen LogP contribution in [0.4, 0.5) is 5.95 Å². The van der Waals surface area contributed by atoms with Crippen molar-refractivity contribution in [1.29, 1.82) is 0 Å². The highest BCUT2D eigenvalue weighted by molar-refractivity contribution is 5.85. The zero-order valence-corrected chi connectivity index (χ0v) is 14.9. The summed E-state index contributed by atoms with van der Waals surface area (Å²) in [6, 6.07) is 5.85. The van der Waals surface area contributed by atoms with Crippen molar-refractivity contribution in [1.82, 2.24) is 14.9 Å². The van der Waals surface area contributed by atoms with E-state index >= 15 is 0 Å². The Morgan fingerprint density at radius 1 is 1.12 bits per heavy atom. The third-order valence-electron chi connectivity index (χ3n) is 4.06. The van der Waals surface area contributed by atoms with Gasteiger partial charge in [0.2, 0.25) is 0 Å². The van der Waals surface area contributed by atoms with Crippen molar-refractivity contribution in [2.75, 3.05) is 32.0 Å². The lowest BCUT2D eigenvalue weighted by Gasteiger charge is -2.26. The first-order valence-electron chi connectivity index (χ1n) is 7.92. The molecule has 3 N–H and O–H groups in total. The molecule has 0 radical (unpaired) electrons. The summed E-state index contributed by atoms with van der Waals surface area (Å²) in [7, 11) is 0. The third kappa shape index (κ3) is 6.38. The minimum atomic E-state index is 0. The number of hydrogen-bond donors (Lipinski definition) is 2. The number of piperidine rings is 1. The van der Waals surface area contributed by atoms with E-state index in [-0.39, 0.29) is 32.2 Å². The molecule has 0 amide bonds. The predicted octanol–water partition coefficient (Wildman–Crippen LogP) is 4.27. The van der Waals surface area contributed by atoms with Gasteiger partial charge in [-0.2, -0.15) is 0 Å². The fourth-order valence-corrected chi connectivity index (χ4v) is 2.91. The molecule has 138 valence electrons. The molecule has 1 aliphatic rings. The van der Waals surface area contributed by atoms with Crippen molar-refractivity contribution in [3.05, 3.63) is 18.2 Å². The topological polar surface area (TPSA) is 67.2 Å². The Hall–Kier alpha value is -1.17. The van der Waals surface area contributed by atoms with Crippen LogP contribution in [0.15, 0.2) is 18.2 Å². The van der Waals surface area contributed by atoms with Crippen LogP contribution in [0, 0.1) is 0 Å². The summed E-state index contributed by atoms with van der Waals surface area (Å²) >= 11 is 0. The lowest BCUT2D eigenvalue weighted by Crippen LogP contribution is -2.30. The second kappa shape index (κ2) is 11.4. The van der Waals surface area contributed by atoms with Gasteiger partial charge in [0.1, 0.15) is 5.75 Å². The van der Waals surface area contributed by atoms with Crippen molar-refractivity contribution in [3.63, 3.8) is 0 Å². The quantitative estimate of drug-likeness (QED) is 0.738. The highest BCUT2D eigenvalue weighted by Crippen LogP contribution is 2.20. The molecule has 0 unspecified atom stereocenters. The second-order valence-electron chi connectivity index (χ2n) is 5.76. The number of nitrogens with one attached hydrogen (secondary N) is 1. The minimum absolute atomic E-state index is 0. The Bertz CT molecular complexity index is 585. The number of nitrogen functional groups attached to an aromatic ring is 1. The molecule has 0 atom stereocenters. The number of aromatic nitrogens is 2. The molecule has 1 aliphatic heterocycles. The number of anilines is 1. The monoisotopic (exact) mass is 376 g/mol. The van der Waals surface area contributed by atoms with Crippen molar-refractivity contribution in [2.45, 2.75) is 39.5 Å². The molecule has 0 bridgehead atoms. The van der Waals surface area contributed by atoms with Crippen molar-refractivity contribution in [3.8, 4) is 5.75 Å². The van der Waals surface area contributed by atoms with Gasteiger partial charge in [-0.15, -0.1) is 24.8 Å². The lowest BCUT2D eigenvalue weighted by molar-refractivity contribution is 0.216. The van der Waals surface area contributed by atoms with Crippen molar-refractivity contribution >= 4 is 41.8 Å². The predicted molar refractivity (Wildman–Crippen MR) is 107 cm³/mol. The largest absolute Gasteiger partial charge is 0.494 e. The SMILES string of the molecule is C.Cl.Cl.Nc1nc2ccc(OCCCCN3CCCCC3)cc2[nH]1. The number of H-pyrrole nitrogens is 1. The highest BCUT2D eigenvalue weighted by Gasteiger charge is 2.09. The fraction of sp³-hybridized carbons (Fsp3) is 0.588. The molecule has 1 aromatic heterocycles. The van der Waals surface area contributed by atoms with Crippen LogP contribution in [-0.4, -0.2) is 41.1 Å². The van der Waals surface area contributed by atoms with Gasteiger partial charge in [0.15, 0.2) is 5.95 Å². The molecule has 5 nitrogen and oxygen atoms in total. The van der Waals surface area contributed by atoms with E-state index in [1.54, 1.807) is 0 Å². The average Bonchev–Trinajstić information content (AvgIpc) is 2.87. The number of rotatable bonds is 6. The Morgan fingerprint density at radius 2 is 1.88 bits per heavy atom. The highest BCUT2D eigenvalue weighted by atomic mass is 35.5. The third-order valence-corrected chi connectivity index (χ3v) is 4.06. The van der Waals surface area contributed by atoms with Gasteiger partial charge in [0, 0.05) is 6.07 Å². The van der Waals surface area contributed by atoms with E-state index in [4.69, 9.17) is 10.5 Å². The first kappa shape index (κ1) is 22.8. The lowest BCUT2D eigenvalue weighted by atomic mass is 10.1. The first-order valence-corrected chi connectivity index (χ1v) is 7.92. The zero-order valence-electron chi connectivity index (χ0n) is 13.3. The van der Waals surface area contributed by atoms with Crippen LogP contribution in [-0.2, 0) is 0 Å². The minimum Gasteiger partial charge on any atom is -0.494 e. The van der Waals surface area contributed by atoms with Crippen molar-refractivity contribution < 1.29 is 4.74 Å². The summed E-state index contributed by atoms with van der Waals surface area (Å²) in [6.07, 6.45) is 6.44. The number of aromatic amines is 1. The van der Waals surface area contributed by atoms with Crippen LogP contribution in [0.3, 0.4) is 0 Å². The van der Waals surface area contributed by atoms with Crippen LogP contribution >= 0.6 is 24.8 Å². The second-order valence-corrected chi connectivity index (χ2v) is 5.76. The maximum absolute atomic E-state index is 5.81. The number of hydrogen-bond acceptors (Lipinski definition) is 4.